The molecule has 1 amide bonds. The maximum Gasteiger partial charge on any atom is 0.238 e. The number of nitriles is 1. The molecule has 11 heteroatoms. The van der Waals surface area contributed by atoms with E-state index in [1.165, 1.54) is 23.1 Å². The molecule has 4 aromatic rings. The summed E-state index contributed by atoms with van der Waals surface area (Å²) in [6.45, 7) is 7.38. The molecule has 0 saturated heterocycles. The average Bonchev–Trinajstić information content (AvgIpc) is 3.38. The first-order valence-corrected chi connectivity index (χ1v) is 14.7. The summed E-state index contributed by atoms with van der Waals surface area (Å²) in [5, 5.41) is 21.1. The molecule has 0 fully saturated rings. The highest BCUT2D eigenvalue weighted by molar-refractivity contribution is 8.00. The van der Waals surface area contributed by atoms with Gasteiger partial charge in [0.25, 0.3) is 0 Å². The van der Waals surface area contributed by atoms with Crippen LogP contribution < -0.4 is 5.32 Å². The highest BCUT2D eigenvalue weighted by Crippen LogP contribution is 2.33. The summed E-state index contributed by atoms with van der Waals surface area (Å²) in [6, 6.07) is 18.0. The Bertz CT molecular complexity index is 1580. The van der Waals surface area contributed by atoms with E-state index in [2.05, 4.69) is 21.6 Å². The lowest BCUT2D eigenvalue weighted by atomic mass is 10.2. The van der Waals surface area contributed by atoms with Crippen molar-refractivity contribution in [2.45, 2.75) is 48.7 Å². The third-order valence-electron chi connectivity index (χ3n) is 5.80. The molecule has 0 aliphatic heterocycles. The molecule has 190 valence electrons. The molecular formula is C26H25N5O3S3. The van der Waals surface area contributed by atoms with Crippen molar-refractivity contribution in [3.63, 3.8) is 0 Å². The molecule has 0 aliphatic carbocycles. The van der Waals surface area contributed by atoms with E-state index in [1.807, 2.05) is 51.1 Å². The molecule has 0 radical (unpaired) electrons. The highest BCUT2D eigenvalue weighted by atomic mass is 32.2. The Hall–Kier alpha value is -3.46. The number of thiophene rings is 1. The largest absolute Gasteiger partial charge is 0.316 e. The molecule has 37 heavy (non-hydrogen) atoms. The van der Waals surface area contributed by atoms with Gasteiger partial charge in [0.15, 0.2) is 20.8 Å². The van der Waals surface area contributed by atoms with Crippen LogP contribution in [0.1, 0.15) is 34.3 Å². The fourth-order valence-electron chi connectivity index (χ4n) is 3.58. The van der Waals surface area contributed by atoms with Gasteiger partial charge in [-0.3, -0.25) is 9.36 Å². The van der Waals surface area contributed by atoms with Crippen LogP contribution in [0.4, 0.5) is 5.00 Å². The molecule has 1 atom stereocenters. The van der Waals surface area contributed by atoms with Crippen molar-refractivity contribution < 1.29 is 13.2 Å². The van der Waals surface area contributed by atoms with Gasteiger partial charge >= 0.3 is 0 Å². The van der Waals surface area contributed by atoms with Crippen LogP contribution in [0.3, 0.4) is 0 Å². The Morgan fingerprint density at radius 3 is 2.43 bits per heavy atom. The molecule has 1 N–H and O–H groups in total. The van der Waals surface area contributed by atoms with Crippen LogP contribution in [0.5, 0.6) is 0 Å². The second kappa shape index (κ2) is 10.9. The van der Waals surface area contributed by atoms with Crippen LogP contribution >= 0.6 is 23.1 Å². The normalized spacial score (nSPS) is 12.2. The van der Waals surface area contributed by atoms with Gasteiger partial charge in [-0.15, -0.1) is 21.5 Å². The van der Waals surface area contributed by atoms with E-state index in [1.54, 1.807) is 35.8 Å². The van der Waals surface area contributed by atoms with Crippen LogP contribution in [0, 0.1) is 32.1 Å². The number of aryl methyl sites for hydroxylation is 2. The van der Waals surface area contributed by atoms with Gasteiger partial charge in [0, 0.05) is 10.6 Å². The van der Waals surface area contributed by atoms with Gasteiger partial charge < -0.3 is 5.32 Å². The molecule has 0 saturated carbocycles. The van der Waals surface area contributed by atoms with Crippen molar-refractivity contribution in [1.82, 2.24) is 14.8 Å². The number of para-hydroxylation sites is 1. The third kappa shape index (κ3) is 5.77. The minimum atomic E-state index is -3.68. The quantitative estimate of drug-likeness (QED) is 0.298. The predicted octanol–water partition coefficient (Wildman–Crippen LogP) is 5.22. The molecule has 2 aromatic carbocycles. The van der Waals surface area contributed by atoms with E-state index in [9.17, 15) is 18.5 Å². The number of nitrogens with zero attached hydrogens (tertiary/aromatic N) is 4. The zero-order valence-corrected chi connectivity index (χ0v) is 23.2. The zero-order valence-electron chi connectivity index (χ0n) is 20.7. The maximum atomic E-state index is 13.2. The van der Waals surface area contributed by atoms with Crippen molar-refractivity contribution >= 4 is 43.8 Å². The van der Waals surface area contributed by atoms with E-state index >= 15 is 0 Å². The lowest BCUT2D eigenvalue weighted by Gasteiger charge is -2.14. The maximum absolute atomic E-state index is 13.2. The van der Waals surface area contributed by atoms with Gasteiger partial charge in [-0.05, 0) is 57.5 Å². The number of rotatable bonds is 8. The molecule has 2 aromatic heterocycles. The first-order valence-electron chi connectivity index (χ1n) is 11.4. The zero-order chi connectivity index (χ0) is 26.7. The van der Waals surface area contributed by atoms with Crippen LogP contribution in [0.25, 0.3) is 5.69 Å². The Balaban J connectivity index is 1.62. The van der Waals surface area contributed by atoms with Crippen molar-refractivity contribution in [2.24, 2.45) is 0 Å². The van der Waals surface area contributed by atoms with Gasteiger partial charge in [-0.1, -0.05) is 47.7 Å². The number of amides is 1. The number of nitrogens with one attached hydrogen (secondary N) is 1. The predicted molar refractivity (Wildman–Crippen MR) is 146 cm³/mol. The molecule has 0 bridgehead atoms. The van der Waals surface area contributed by atoms with Gasteiger partial charge in [0.1, 0.15) is 16.8 Å². The second-order valence-corrected chi connectivity index (χ2v) is 13.0. The summed E-state index contributed by atoms with van der Waals surface area (Å²) in [5.74, 6) is -0.393. The lowest BCUT2D eigenvalue weighted by Crippen LogP contribution is -2.23. The van der Waals surface area contributed by atoms with E-state index in [4.69, 9.17) is 0 Å². The van der Waals surface area contributed by atoms with Crippen LogP contribution in [0.15, 0.2) is 64.6 Å². The number of aromatic nitrogens is 3. The minimum Gasteiger partial charge on any atom is -0.316 e. The van der Waals surface area contributed by atoms with E-state index in [-0.39, 0.29) is 22.4 Å². The molecule has 8 nitrogen and oxygen atoms in total. The van der Waals surface area contributed by atoms with E-state index < -0.39 is 15.1 Å². The fourth-order valence-corrected chi connectivity index (χ4v) is 6.72. The summed E-state index contributed by atoms with van der Waals surface area (Å²) in [4.78, 5) is 14.2. The minimum absolute atomic E-state index is 0.206. The summed E-state index contributed by atoms with van der Waals surface area (Å²) >= 11 is 2.53. The molecule has 0 spiro atoms. The van der Waals surface area contributed by atoms with Gasteiger partial charge in [-0.2, -0.15) is 5.26 Å². The van der Waals surface area contributed by atoms with Crippen LogP contribution in [0.2, 0.25) is 0 Å². The first-order chi connectivity index (χ1) is 17.6. The summed E-state index contributed by atoms with van der Waals surface area (Å²) in [7, 11) is -3.68. The Morgan fingerprint density at radius 2 is 1.78 bits per heavy atom. The lowest BCUT2D eigenvalue weighted by molar-refractivity contribution is -0.115. The summed E-state index contributed by atoms with van der Waals surface area (Å²) in [6.07, 6.45) is 0. The first kappa shape index (κ1) is 26.6. The van der Waals surface area contributed by atoms with E-state index in [0.717, 1.165) is 16.0 Å². The number of anilines is 1. The smallest absolute Gasteiger partial charge is 0.238 e. The molecule has 0 aliphatic rings. The van der Waals surface area contributed by atoms with Gasteiger partial charge in [0.05, 0.1) is 15.7 Å². The van der Waals surface area contributed by atoms with E-state index in [0.29, 0.717) is 21.4 Å². The Labute approximate surface area is 224 Å². The average molecular weight is 552 g/mol. The molecule has 4 rings (SSSR count). The third-order valence-corrected chi connectivity index (χ3v) is 9.59. The van der Waals surface area contributed by atoms with Gasteiger partial charge in [0.2, 0.25) is 5.91 Å². The Kier molecular flexibility index (Phi) is 7.82. The monoisotopic (exact) mass is 551 g/mol. The number of sulfone groups is 1. The van der Waals surface area contributed by atoms with Crippen molar-refractivity contribution in [1.29, 1.82) is 5.26 Å². The van der Waals surface area contributed by atoms with Crippen molar-refractivity contribution in [3.05, 3.63) is 82.0 Å². The second-order valence-electron chi connectivity index (χ2n) is 8.49. The SMILES string of the molecule is Cc1ccc(S(=O)(=O)Cc2nnc(SC(C)C(=O)Nc3sc(C)c(C)c3C#N)n2-c2ccccc2)cc1. The number of hydrogen-bond acceptors (Lipinski definition) is 8. The Morgan fingerprint density at radius 1 is 1.11 bits per heavy atom. The summed E-state index contributed by atoms with van der Waals surface area (Å²) < 4.78 is 28.0. The fraction of sp³-hybridized carbons (Fsp3) is 0.231. The number of carbonyl (C=O) groups is 1. The van der Waals surface area contributed by atoms with Crippen LogP contribution in [-0.2, 0) is 20.4 Å². The van der Waals surface area contributed by atoms with Crippen molar-refractivity contribution in [3.8, 4) is 11.8 Å². The highest BCUT2D eigenvalue weighted by Gasteiger charge is 2.26. The number of thioether (sulfide) groups is 1. The number of hydrogen-bond donors (Lipinski definition) is 1. The number of benzene rings is 2. The molecular weight excluding hydrogens is 527 g/mol. The topological polar surface area (TPSA) is 118 Å². The summed E-state index contributed by atoms with van der Waals surface area (Å²) in [5.41, 5.74) is 2.97. The number of carbonyl (C=O) groups excluding carboxylic acids is 1. The van der Waals surface area contributed by atoms with Crippen molar-refractivity contribution in [2.75, 3.05) is 5.32 Å². The standard InChI is InChI=1S/C26H25N5O3S3/c1-16-10-12-21(13-11-16)37(33,34)15-23-29-30-26(31(23)20-8-6-5-7-9-20)36-19(4)24(32)28-25-22(14-27)17(2)18(3)35-25/h5-13,19H,15H2,1-4H3,(H,28,32). The van der Waals surface area contributed by atoms with Crippen LogP contribution in [-0.4, -0.2) is 34.3 Å². The van der Waals surface area contributed by atoms with Gasteiger partial charge in [-0.25, -0.2) is 8.42 Å². The molecule has 2 heterocycles. The molecule has 1 unspecified atom stereocenters.